The molecule has 0 amide bonds. The maximum absolute atomic E-state index is 11.0. The van der Waals surface area contributed by atoms with Crippen LogP contribution in [0, 0.1) is 23.2 Å². The summed E-state index contributed by atoms with van der Waals surface area (Å²) in [6.45, 7) is 3.04. The van der Waals surface area contributed by atoms with Crippen LogP contribution in [0.3, 0.4) is 0 Å². The minimum atomic E-state index is -1.66. The molecule has 1 saturated carbocycles. The lowest BCUT2D eigenvalue weighted by molar-refractivity contribution is -0.152. The normalized spacial score (nSPS) is 33.8. The first kappa shape index (κ1) is 11.5. The third kappa shape index (κ3) is 1.28. The van der Waals surface area contributed by atoms with Crippen LogP contribution in [0.5, 0.6) is 0 Å². The van der Waals surface area contributed by atoms with Crippen molar-refractivity contribution in [3.8, 4) is 0 Å². The summed E-state index contributed by atoms with van der Waals surface area (Å²) in [7, 11) is 0. The number of hydrogen-bond acceptors (Lipinski definition) is 3. The molecule has 2 unspecified atom stereocenters. The van der Waals surface area contributed by atoms with Gasteiger partial charge in [-0.2, -0.15) is 0 Å². The maximum Gasteiger partial charge on any atom is 0.311 e. The van der Waals surface area contributed by atoms with Crippen molar-refractivity contribution in [3.63, 3.8) is 0 Å². The number of rotatable bonds is 4. The Morgan fingerprint density at radius 2 is 1.33 bits per heavy atom. The van der Waals surface area contributed by atoms with Crippen LogP contribution in [0.1, 0.15) is 13.8 Å². The van der Waals surface area contributed by atoms with E-state index in [0.717, 1.165) is 0 Å². The van der Waals surface area contributed by atoms with Gasteiger partial charge < -0.3 is 15.3 Å². The van der Waals surface area contributed by atoms with Crippen LogP contribution in [0.4, 0.5) is 0 Å². The average Bonchev–Trinajstić information content (AvgIpc) is 2.73. The number of hydrogen-bond donors (Lipinski definition) is 3. The molecule has 0 aromatic rings. The van der Waals surface area contributed by atoms with E-state index in [9.17, 15) is 14.4 Å². The second kappa shape index (κ2) is 3.22. The van der Waals surface area contributed by atoms with Crippen molar-refractivity contribution >= 4 is 17.9 Å². The summed E-state index contributed by atoms with van der Waals surface area (Å²) >= 11 is 0. The number of carbonyl (C=O) groups is 3. The fourth-order valence-electron chi connectivity index (χ4n) is 2.33. The number of carboxylic acid groups (broad SMARTS) is 3. The molecule has 0 saturated heterocycles. The highest BCUT2D eigenvalue weighted by Crippen LogP contribution is 2.63. The quantitative estimate of drug-likeness (QED) is 0.615. The van der Waals surface area contributed by atoms with E-state index in [1.54, 1.807) is 0 Å². The number of carboxylic acids is 3. The Hall–Kier alpha value is -1.59. The molecule has 84 valence electrons. The fourth-order valence-corrected chi connectivity index (χ4v) is 2.33. The SMILES string of the molecule is CC(C)C1(C(=O)O)C(C(=O)O)C1C(=O)O. The van der Waals surface area contributed by atoms with Gasteiger partial charge >= 0.3 is 17.9 Å². The summed E-state index contributed by atoms with van der Waals surface area (Å²) in [4.78, 5) is 32.6. The third-order valence-corrected chi connectivity index (χ3v) is 3.11. The molecule has 1 aliphatic rings. The molecule has 0 heterocycles. The monoisotopic (exact) mass is 216 g/mol. The Balaban J connectivity index is 3.16. The van der Waals surface area contributed by atoms with Gasteiger partial charge in [0.2, 0.25) is 0 Å². The van der Waals surface area contributed by atoms with Gasteiger partial charge in [0, 0.05) is 0 Å². The van der Waals surface area contributed by atoms with E-state index in [1.807, 2.05) is 0 Å². The summed E-state index contributed by atoms with van der Waals surface area (Å²) in [5.41, 5.74) is -1.66. The van der Waals surface area contributed by atoms with E-state index in [0.29, 0.717) is 0 Å². The van der Waals surface area contributed by atoms with Gasteiger partial charge in [-0.1, -0.05) is 13.8 Å². The van der Waals surface area contributed by atoms with Gasteiger partial charge in [0.15, 0.2) is 0 Å². The molecule has 0 radical (unpaired) electrons. The van der Waals surface area contributed by atoms with Crippen molar-refractivity contribution in [1.82, 2.24) is 0 Å². The van der Waals surface area contributed by atoms with Crippen LogP contribution in [-0.4, -0.2) is 33.2 Å². The Bertz CT molecular complexity index is 311. The van der Waals surface area contributed by atoms with Crippen molar-refractivity contribution in [2.75, 3.05) is 0 Å². The van der Waals surface area contributed by atoms with Gasteiger partial charge in [0.05, 0.1) is 17.3 Å². The number of aliphatic carboxylic acids is 3. The van der Waals surface area contributed by atoms with Gasteiger partial charge in [0.1, 0.15) is 0 Å². The zero-order valence-corrected chi connectivity index (χ0v) is 8.30. The molecule has 0 aromatic heterocycles. The Morgan fingerprint density at radius 1 is 1.00 bits per heavy atom. The lowest BCUT2D eigenvalue weighted by atomic mass is 9.88. The molecule has 2 atom stereocenters. The molecule has 0 bridgehead atoms. The van der Waals surface area contributed by atoms with Crippen molar-refractivity contribution in [1.29, 1.82) is 0 Å². The molecule has 0 aliphatic heterocycles. The van der Waals surface area contributed by atoms with E-state index < -0.39 is 41.1 Å². The summed E-state index contributed by atoms with van der Waals surface area (Å²) in [6, 6.07) is 0. The van der Waals surface area contributed by atoms with Gasteiger partial charge in [-0.3, -0.25) is 14.4 Å². The standard InChI is InChI=1S/C9H12O6/c1-3(2)9(8(14)15)4(6(10)11)5(9)7(12)13/h3-5H,1-2H3,(H,10,11)(H,12,13)(H,14,15). The molecule has 1 aliphatic carbocycles. The predicted octanol–water partition coefficient (Wildman–Crippen LogP) is 0.129. The molecule has 3 N–H and O–H groups in total. The van der Waals surface area contributed by atoms with Crippen LogP contribution in [0.15, 0.2) is 0 Å². The first-order chi connectivity index (χ1) is 6.77. The Morgan fingerprint density at radius 3 is 1.40 bits per heavy atom. The van der Waals surface area contributed by atoms with E-state index in [1.165, 1.54) is 13.8 Å². The minimum Gasteiger partial charge on any atom is -0.481 e. The predicted molar refractivity (Wildman–Crippen MR) is 47.2 cm³/mol. The van der Waals surface area contributed by atoms with Crippen molar-refractivity contribution in [3.05, 3.63) is 0 Å². The van der Waals surface area contributed by atoms with E-state index in [-0.39, 0.29) is 0 Å². The highest BCUT2D eigenvalue weighted by molar-refractivity contribution is 5.99. The molecule has 6 nitrogen and oxygen atoms in total. The minimum absolute atomic E-state index is 0.530. The largest absolute Gasteiger partial charge is 0.481 e. The van der Waals surface area contributed by atoms with Gasteiger partial charge in [-0.05, 0) is 5.92 Å². The van der Waals surface area contributed by atoms with E-state index in [4.69, 9.17) is 15.3 Å². The molecule has 0 aromatic carbocycles. The summed E-state index contributed by atoms with van der Waals surface area (Å²) < 4.78 is 0. The Kier molecular flexibility index (Phi) is 2.46. The fraction of sp³-hybridized carbons (Fsp3) is 0.667. The Labute approximate surface area is 85.5 Å². The van der Waals surface area contributed by atoms with Crippen LogP contribution < -0.4 is 0 Å². The lowest BCUT2D eigenvalue weighted by Crippen LogP contribution is -2.28. The molecule has 0 spiro atoms. The summed E-state index contributed by atoms with van der Waals surface area (Å²) in [5.74, 6) is -7.26. The second-order valence-corrected chi connectivity index (χ2v) is 4.02. The van der Waals surface area contributed by atoms with Gasteiger partial charge in [-0.15, -0.1) is 0 Å². The first-order valence-electron chi connectivity index (χ1n) is 4.46. The van der Waals surface area contributed by atoms with Gasteiger partial charge in [-0.25, -0.2) is 0 Å². The topological polar surface area (TPSA) is 112 Å². The second-order valence-electron chi connectivity index (χ2n) is 4.02. The highest BCUT2D eigenvalue weighted by atomic mass is 16.4. The molecule has 1 rings (SSSR count). The highest BCUT2D eigenvalue weighted by Gasteiger charge is 2.78. The molecule has 6 heteroatoms. The summed E-state index contributed by atoms with van der Waals surface area (Å²) in [6.07, 6.45) is 0. The van der Waals surface area contributed by atoms with Crippen molar-refractivity contribution in [2.45, 2.75) is 13.8 Å². The zero-order chi connectivity index (χ0) is 12.0. The first-order valence-corrected chi connectivity index (χ1v) is 4.46. The molecular formula is C9H12O6. The summed E-state index contributed by atoms with van der Waals surface area (Å²) in [5, 5.41) is 26.5. The maximum atomic E-state index is 11.0. The molecule has 15 heavy (non-hydrogen) atoms. The zero-order valence-electron chi connectivity index (χ0n) is 8.30. The van der Waals surface area contributed by atoms with E-state index >= 15 is 0 Å². The van der Waals surface area contributed by atoms with Crippen molar-refractivity contribution in [2.24, 2.45) is 23.2 Å². The van der Waals surface area contributed by atoms with Crippen LogP contribution >= 0.6 is 0 Å². The van der Waals surface area contributed by atoms with Crippen molar-refractivity contribution < 1.29 is 29.7 Å². The lowest BCUT2D eigenvalue weighted by Gasteiger charge is -2.15. The smallest absolute Gasteiger partial charge is 0.311 e. The van der Waals surface area contributed by atoms with Crippen LogP contribution in [0.2, 0.25) is 0 Å². The van der Waals surface area contributed by atoms with Crippen LogP contribution in [-0.2, 0) is 14.4 Å². The average molecular weight is 216 g/mol. The third-order valence-electron chi connectivity index (χ3n) is 3.11. The van der Waals surface area contributed by atoms with E-state index in [2.05, 4.69) is 0 Å². The molecular weight excluding hydrogens is 204 g/mol. The molecule has 1 fully saturated rings. The van der Waals surface area contributed by atoms with Crippen LogP contribution in [0.25, 0.3) is 0 Å². The van der Waals surface area contributed by atoms with Gasteiger partial charge in [0.25, 0.3) is 0 Å².